The lowest BCUT2D eigenvalue weighted by Gasteiger charge is -2.45. The van der Waals surface area contributed by atoms with E-state index in [1.54, 1.807) is 0 Å². The van der Waals surface area contributed by atoms with Gasteiger partial charge in [0.15, 0.2) is 0 Å². The van der Waals surface area contributed by atoms with Crippen molar-refractivity contribution in [2.24, 2.45) is 0 Å². The summed E-state index contributed by atoms with van der Waals surface area (Å²) in [4.78, 5) is 0. The third-order valence-electron chi connectivity index (χ3n) is 4.64. The molecular formula is C14F28O. The first-order chi connectivity index (χ1) is 18.1. The van der Waals surface area contributed by atoms with E-state index < -0.39 is 83.6 Å². The van der Waals surface area contributed by atoms with Gasteiger partial charge in [0.1, 0.15) is 0 Å². The maximum absolute atomic E-state index is 13.5. The van der Waals surface area contributed by atoms with Gasteiger partial charge >= 0.3 is 83.6 Å². The fraction of sp³-hybridized carbons (Fsp3) is 0.857. The van der Waals surface area contributed by atoms with Gasteiger partial charge in [-0.05, 0) is 0 Å². The molecule has 0 aliphatic carbocycles. The third-order valence-corrected chi connectivity index (χ3v) is 4.64. The molecule has 0 spiro atoms. The number of halogens is 28. The summed E-state index contributed by atoms with van der Waals surface area (Å²) in [5, 5.41) is 0. The fourth-order valence-electron chi connectivity index (χ4n) is 2.15. The molecular weight excluding hydrogens is 716 g/mol. The van der Waals surface area contributed by atoms with E-state index in [1.807, 2.05) is 0 Å². The Kier molecular flexibility index (Phi) is 9.48. The molecule has 0 fully saturated rings. The van der Waals surface area contributed by atoms with Crippen LogP contribution in [0.1, 0.15) is 0 Å². The van der Waals surface area contributed by atoms with Gasteiger partial charge in [0.2, 0.25) is 0 Å². The van der Waals surface area contributed by atoms with E-state index in [9.17, 15) is 123 Å². The van der Waals surface area contributed by atoms with Gasteiger partial charge in [0.05, 0.1) is 0 Å². The fourth-order valence-corrected chi connectivity index (χ4v) is 2.15. The molecule has 43 heavy (non-hydrogen) atoms. The van der Waals surface area contributed by atoms with Crippen molar-refractivity contribution in [3.63, 3.8) is 0 Å². The lowest BCUT2D eigenvalue weighted by molar-refractivity contribution is -0.488. The zero-order chi connectivity index (χ0) is 35.9. The van der Waals surface area contributed by atoms with Gasteiger partial charge in [0, 0.05) is 0 Å². The Morgan fingerprint density at radius 2 is 0.465 bits per heavy atom. The van der Waals surface area contributed by atoms with E-state index in [1.165, 1.54) is 4.74 Å². The molecule has 0 saturated heterocycles. The van der Waals surface area contributed by atoms with Crippen LogP contribution in [0.2, 0.25) is 0 Å². The Balaban J connectivity index is 7.35. The molecule has 0 saturated carbocycles. The van der Waals surface area contributed by atoms with Gasteiger partial charge in [0.25, 0.3) is 0 Å². The molecule has 258 valence electrons. The number of rotatable bonds is 12. The maximum atomic E-state index is 13.5. The van der Waals surface area contributed by atoms with Gasteiger partial charge in [-0.25, -0.2) is 0 Å². The van der Waals surface area contributed by atoms with Crippen LogP contribution in [-0.4, -0.2) is 71.5 Å². The molecule has 0 bridgehead atoms. The summed E-state index contributed by atoms with van der Waals surface area (Å²) < 4.78 is 365. The average Bonchev–Trinajstić information content (AvgIpc) is 2.76. The summed E-state index contributed by atoms with van der Waals surface area (Å²) in [7, 11) is 0. The van der Waals surface area contributed by atoms with Crippen LogP contribution in [0.5, 0.6) is 0 Å². The zero-order valence-corrected chi connectivity index (χ0v) is 18.0. The lowest BCUT2D eigenvalue weighted by atomic mass is 9.85. The molecule has 0 aliphatic heterocycles. The molecule has 0 aromatic carbocycles. The van der Waals surface area contributed by atoms with E-state index in [0.29, 0.717) is 0 Å². The van der Waals surface area contributed by atoms with Crippen LogP contribution >= 0.6 is 0 Å². The Labute approximate surface area is 213 Å². The van der Waals surface area contributed by atoms with E-state index in [-0.39, 0.29) is 0 Å². The third kappa shape index (κ3) is 5.01. The first kappa shape index (κ1) is 40.6. The Bertz CT molecular complexity index is 1050. The molecule has 0 unspecified atom stereocenters. The van der Waals surface area contributed by atoms with E-state index >= 15 is 0 Å². The second-order valence-corrected chi connectivity index (χ2v) is 7.39. The number of hydrogen-bond donors (Lipinski definition) is 0. The predicted octanol–water partition coefficient (Wildman–Crippen LogP) is 9.55. The van der Waals surface area contributed by atoms with Crippen LogP contribution in [0, 0.1) is 0 Å². The van der Waals surface area contributed by atoms with Crippen LogP contribution in [-0.2, 0) is 4.74 Å². The van der Waals surface area contributed by atoms with Gasteiger partial charge < -0.3 is 4.74 Å². The smallest absolute Gasteiger partial charge is 0.397 e. The van der Waals surface area contributed by atoms with Gasteiger partial charge in [-0.1, -0.05) is 0 Å². The Morgan fingerprint density at radius 3 is 0.651 bits per heavy atom. The average molecular weight is 716 g/mol. The van der Waals surface area contributed by atoms with Crippen molar-refractivity contribution in [3.05, 3.63) is 12.1 Å². The summed E-state index contributed by atoms with van der Waals surface area (Å²) in [6.07, 6.45) is -20.7. The van der Waals surface area contributed by atoms with Crippen molar-refractivity contribution in [2.75, 3.05) is 0 Å². The molecule has 29 heteroatoms. The molecule has 0 N–H and O–H groups in total. The van der Waals surface area contributed by atoms with E-state index in [0.717, 1.165) is 0 Å². The minimum atomic E-state index is -9.79. The minimum Gasteiger partial charge on any atom is -0.397 e. The lowest BCUT2D eigenvalue weighted by Crippen LogP contribution is -2.78. The first-order valence-electron chi connectivity index (χ1n) is 8.70. The minimum absolute atomic E-state index is 1.43. The second-order valence-electron chi connectivity index (χ2n) is 7.39. The summed E-state index contributed by atoms with van der Waals surface area (Å²) in [5.41, 5.74) is 0. The highest BCUT2D eigenvalue weighted by molar-refractivity contribution is 5.19. The van der Waals surface area contributed by atoms with Crippen molar-refractivity contribution in [2.45, 2.75) is 71.5 Å². The SMILES string of the molecule is FC(F)=C(F)OC(F)(F)C(F)(F)C(F)(F)C(F)(F)C(F)(F)C(F)(F)C(F)(F)C(F)(F)C(F)(F)C(F)(F)C(F)(F)C(F)(F)F. The zero-order valence-electron chi connectivity index (χ0n) is 18.0. The summed E-state index contributed by atoms with van der Waals surface area (Å²) >= 11 is 0. The van der Waals surface area contributed by atoms with Crippen LogP contribution in [0.3, 0.4) is 0 Å². The highest BCUT2D eigenvalue weighted by atomic mass is 19.4. The summed E-state index contributed by atoms with van der Waals surface area (Å²) in [6.45, 7) is 0. The van der Waals surface area contributed by atoms with Gasteiger partial charge in [-0.2, -0.15) is 123 Å². The topological polar surface area (TPSA) is 9.23 Å². The van der Waals surface area contributed by atoms with E-state index in [2.05, 4.69) is 0 Å². The van der Waals surface area contributed by atoms with Gasteiger partial charge in [-0.15, -0.1) is 0 Å². The molecule has 0 heterocycles. The number of hydrogen-bond acceptors (Lipinski definition) is 1. The highest BCUT2D eigenvalue weighted by Crippen LogP contribution is 2.67. The van der Waals surface area contributed by atoms with Crippen molar-refractivity contribution in [3.8, 4) is 0 Å². The van der Waals surface area contributed by atoms with Crippen molar-refractivity contribution in [1.82, 2.24) is 0 Å². The molecule has 0 atom stereocenters. The van der Waals surface area contributed by atoms with Crippen molar-refractivity contribution < 1.29 is 128 Å². The quantitative estimate of drug-likeness (QED) is 0.145. The monoisotopic (exact) mass is 716 g/mol. The largest absolute Gasteiger partial charge is 0.472 e. The standard InChI is InChI=1S/C14F28O/c15-1(16)2(17)43-14(41,42)12(36,37)10(32,33)8(28,29)6(24,25)4(20,21)3(18,19)5(22,23)7(26,27)9(30,31)11(34,35)13(38,39)40. The Hall–Kier alpha value is -2.42. The number of alkyl halides is 25. The van der Waals surface area contributed by atoms with Crippen LogP contribution in [0.25, 0.3) is 0 Å². The summed E-state index contributed by atoms with van der Waals surface area (Å²) in [6, 6.07) is -4.45. The molecule has 0 amide bonds. The normalized spacial score (nSPS) is 16.4. The van der Waals surface area contributed by atoms with Crippen molar-refractivity contribution >= 4 is 0 Å². The van der Waals surface area contributed by atoms with Crippen LogP contribution in [0.4, 0.5) is 123 Å². The molecule has 0 rings (SSSR count). The van der Waals surface area contributed by atoms with Gasteiger partial charge in [-0.3, -0.25) is 0 Å². The Morgan fingerprint density at radius 1 is 0.279 bits per heavy atom. The van der Waals surface area contributed by atoms with E-state index in [4.69, 9.17) is 0 Å². The predicted molar refractivity (Wildman–Crippen MR) is 71.9 cm³/mol. The number of ether oxygens (including phenoxy) is 1. The van der Waals surface area contributed by atoms with Crippen molar-refractivity contribution in [1.29, 1.82) is 0 Å². The van der Waals surface area contributed by atoms with Crippen LogP contribution in [0.15, 0.2) is 12.1 Å². The molecule has 1 nitrogen and oxygen atoms in total. The molecule has 0 radical (unpaired) electrons. The summed E-state index contributed by atoms with van der Waals surface area (Å²) in [5.74, 6) is -94.1. The highest BCUT2D eigenvalue weighted by Gasteiger charge is 2.99. The molecule has 0 aromatic rings. The maximum Gasteiger partial charge on any atom is 0.472 e. The van der Waals surface area contributed by atoms with Crippen LogP contribution < -0.4 is 0 Å². The second kappa shape index (κ2) is 10.0. The molecule has 0 aliphatic rings. The first-order valence-corrected chi connectivity index (χ1v) is 8.70. The molecule has 0 aromatic heterocycles.